The number of hydrogen-bond donors (Lipinski definition) is 2. The highest BCUT2D eigenvalue weighted by Gasteiger charge is 2.43. The first kappa shape index (κ1) is 25.1. The first-order valence-corrected chi connectivity index (χ1v) is 11.5. The van der Waals surface area contributed by atoms with E-state index in [2.05, 4.69) is 60.2 Å². The number of aromatic nitrogens is 2. The number of methoxy groups -OCH3 is 1. The zero-order valence-electron chi connectivity index (χ0n) is 20.5. The van der Waals surface area contributed by atoms with Crippen molar-refractivity contribution in [1.82, 2.24) is 14.9 Å². The van der Waals surface area contributed by atoms with Crippen LogP contribution in [0.2, 0.25) is 5.02 Å². The summed E-state index contributed by atoms with van der Waals surface area (Å²) in [6.07, 6.45) is 3.29. The van der Waals surface area contributed by atoms with Gasteiger partial charge < -0.3 is 20.1 Å². The molecule has 0 atom stereocenters. The van der Waals surface area contributed by atoms with Crippen molar-refractivity contribution in [1.29, 1.82) is 0 Å². The summed E-state index contributed by atoms with van der Waals surface area (Å²) in [5.41, 5.74) is 0.983. The smallest absolute Gasteiger partial charge is 0.343 e. The van der Waals surface area contributed by atoms with E-state index < -0.39 is 5.97 Å². The molecule has 2 aromatic rings. The average molecular weight is 476 g/mol. The van der Waals surface area contributed by atoms with Crippen molar-refractivity contribution in [3.05, 3.63) is 35.0 Å². The Balaban J connectivity index is 1.91. The SMILES string of the molecule is CCOC(=O)c1cnc(Nc2ccc(OC)c(Cl)c2)nc1NC1CC(C)(C)N(C)C(C)(C)C1. The molecule has 0 unspecified atom stereocenters. The van der Waals surface area contributed by atoms with E-state index in [0.717, 1.165) is 12.8 Å². The number of ether oxygens (including phenoxy) is 2. The summed E-state index contributed by atoms with van der Waals surface area (Å²) in [6.45, 7) is 11.0. The van der Waals surface area contributed by atoms with Crippen molar-refractivity contribution in [2.75, 3.05) is 31.4 Å². The highest BCUT2D eigenvalue weighted by atomic mass is 35.5. The van der Waals surface area contributed by atoms with Gasteiger partial charge in [0.15, 0.2) is 0 Å². The second-order valence-corrected chi connectivity index (χ2v) is 9.99. The van der Waals surface area contributed by atoms with Crippen molar-refractivity contribution < 1.29 is 14.3 Å². The highest BCUT2D eigenvalue weighted by Crippen LogP contribution is 2.38. The normalized spacial score (nSPS) is 17.9. The van der Waals surface area contributed by atoms with E-state index in [4.69, 9.17) is 21.1 Å². The number of esters is 1. The third-order valence-corrected chi connectivity index (χ3v) is 6.64. The Morgan fingerprint density at radius 1 is 1.24 bits per heavy atom. The third-order valence-electron chi connectivity index (χ3n) is 6.34. The fraction of sp³-hybridized carbons (Fsp3) is 0.542. The maximum atomic E-state index is 12.6. The minimum atomic E-state index is -0.453. The van der Waals surface area contributed by atoms with Crippen LogP contribution >= 0.6 is 11.6 Å². The number of hydrogen-bond acceptors (Lipinski definition) is 8. The Hall–Kier alpha value is -2.58. The molecule has 1 fully saturated rings. The molecule has 33 heavy (non-hydrogen) atoms. The zero-order valence-corrected chi connectivity index (χ0v) is 21.2. The van der Waals surface area contributed by atoms with Gasteiger partial charge in [0.1, 0.15) is 17.1 Å². The number of nitrogens with zero attached hydrogens (tertiary/aromatic N) is 3. The van der Waals surface area contributed by atoms with Crippen LogP contribution in [0.5, 0.6) is 5.75 Å². The Bertz CT molecular complexity index is 994. The molecule has 9 heteroatoms. The van der Waals surface area contributed by atoms with Crippen LogP contribution in [-0.2, 0) is 4.74 Å². The van der Waals surface area contributed by atoms with Crippen LogP contribution in [0.25, 0.3) is 0 Å². The summed E-state index contributed by atoms with van der Waals surface area (Å²) < 4.78 is 10.4. The fourth-order valence-electron chi connectivity index (χ4n) is 4.45. The molecule has 1 aromatic carbocycles. The van der Waals surface area contributed by atoms with Crippen LogP contribution in [0, 0.1) is 0 Å². The average Bonchev–Trinajstić information content (AvgIpc) is 2.72. The van der Waals surface area contributed by atoms with Crippen molar-refractivity contribution in [3.63, 3.8) is 0 Å². The molecular weight excluding hydrogens is 442 g/mol. The van der Waals surface area contributed by atoms with Crippen LogP contribution in [-0.4, -0.2) is 58.7 Å². The molecule has 1 aliphatic rings. The maximum Gasteiger partial charge on any atom is 0.343 e. The lowest BCUT2D eigenvalue weighted by molar-refractivity contribution is -0.00773. The number of likely N-dealkylation sites (tertiary alicyclic amines) is 1. The molecule has 8 nitrogen and oxygen atoms in total. The molecule has 2 N–H and O–H groups in total. The summed E-state index contributed by atoms with van der Waals surface area (Å²) in [6, 6.07) is 5.44. The molecule has 0 amide bonds. The van der Waals surface area contributed by atoms with Gasteiger partial charge in [0, 0.05) is 29.0 Å². The van der Waals surface area contributed by atoms with Gasteiger partial charge in [-0.3, -0.25) is 4.90 Å². The third kappa shape index (κ3) is 5.68. The van der Waals surface area contributed by atoms with E-state index in [1.165, 1.54) is 6.20 Å². The van der Waals surface area contributed by atoms with E-state index in [-0.39, 0.29) is 23.7 Å². The molecule has 1 aromatic heterocycles. The van der Waals surface area contributed by atoms with Gasteiger partial charge in [-0.25, -0.2) is 9.78 Å². The predicted molar refractivity (Wildman–Crippen MR) is 132 cm³/mol. The van der Waals surface area contributed by atoms with Gasteiger partial charge in [0.05, 0.1) is 18.7 Å². The number of carbonyl (C=O) groups is 1. The molecule has 0 aliphatic carbocycles. The number of carbonyl (C=O) groups excluding carboxylic acids is 1. The van der Waals surface area contributed by atoms with Crippen molar-refractivity contribution in [2.45, 2.75) is 64.6 Å². The van der Waals surface area contributed by atoms with E-state index in [0.29, 0.717) is 33.8 Å². The highest BCUT2D eigenvalue weighted by molar-refractivity contribution is 6.32. The number of nitrogens with one attached hydrogen (secondary N) is 2. The summed E-state index contributed by atoms with van der Waals surface area (Å²) in [4.78, 5) is 24.0. The first-order valence-electron chi connectivity index (χ1n) is 11.1. The lowest BCUT2D eigenvalue weighted by Gasteiger charge is -2.53. The number of benzene rings is 1. The molecule has 1 aliphatic heterocycles. The van der Waals surface area contributed by atoms with E-state index in [9.17, 15) is 4.79 Å². The van der Waals surface area contributed by atoms with Crippen molar-refractivity contribution >= 4 is 35.0 Å². The molecule has 180 valence electrons. The Kier molecular flexibility index (Phi) is 7.39. The number of piperidine rings is 1. The largest absolute Gasteiger partial charge is 0.495 e. The summed E-state index contributed by atoms with van der Waals surface area (Å²) in [5, 5.41) is 7.13. The number of rotatable bonds is 7. The number of anilines is 3. The molecule has 0 saturated carbocycles. The van der Waals surface area contributed by atoms with Crippen LogP contribution in [0.4, 0.5) is 17.5 Å². The monoisotopic (exact) mass is 475 g/mol. The topological polar surface area (TPSA) is 88.6 Å². The Morgan fingerprint density at radius 2 is 1.91 bits per heavy atom. The lowest BCUT2D eigenvalue weighted by Crippen LogP contribution is -2.61. The van der Waals surface area contributed by atoms with Gasteiger partial charge in [-0.1, -0.05) is 11.6 Å². The van der Waals surface area contributed by atoms with Gasteiger partial charge in [-0.15, -0.1) is 0 Å². The summed E-state index contributed by atoms with van der Waals surface area (Å²) in [7, 11) is 3.72. The van der Waals surface area contributed by atoms with Crippen LogP contribution in [0.1, 0.15) is 57.8 Å². The molecule has 0 radical (unpaired) electrons. The minimum Gasteiger partial charge on any atom is -0.495 e. The predicted octanol–water partition coefficient (Wildman–Crippen LogP) is 5.12. The summed E-state index contributed by atoms with van der Waals surface area (Å²) in [5.74, 6) is 0.922. The maximum absolute atomic E-state index is 12.6. The second kappa shape index (κ2) is 9.73. The van der Waals surface area contributed by atoms with Crippen LogP contribution in [0.15, 0.2) is 24.4 Å². The molecule has 0 spiro atoms. The van der Waals surface area contributed by atoms with Gasteiger partial charge in [0.2, 0.25) is 5.95 Å². The molecule has 0 bridgehead atoms. The summed E-state index contributed by atoms with van der Waals surface area (Å²) >= 11 is 6.24. The van der Waals surface area contributed by atoms with Gasteiger partial charge in [-0.2, -0.15) is 4.98 Å². The lowest BCUT2D eigenvalue weighted by atomic mass is 9.77. The molecular formula is C24H34ClN5O3. The van der Waals surface area contributed by atoms with Gasteiger partial charge in [0.25, 0.3) is 0 Å². The van der Waals surface area contributed by atoms with Gasteiger partial charge in [-0.05, 0) is 72.7 Å². The van der Waals surface area contributed by atoms with Gasteiger partial charge >= 0.3 is 5.97 Å². The van der Waals surface area contributed by atoms with E-state index in [1.54, 1.807) is 26.2 Å². The van der Waals surface area contributed by atoms with Crippen LogP contribution in [0.3, 0.4) is 0 Å². The zero-order chi connectivity index (χ0) is 24.4. The Labute approximate surface area is 201 Å². The Morgan fingerprint density at radius 3 is 2.48 bits per heavy atom. The van der Waals surface area contributed by atoms with Crippen LogP contribution < -0.4 is 15.4 Å². The molecule has 3 rings (SSSR count). The second-order valence-electron chi connectivity index (χ2n) is 9.58. The molecule has 1 saturated heterocycles. The van der Waals surface area contributed by atoms with E-state index in [1.807, 2.05) is 6.07 Å². The van der Waals surface area contributed by atoms with Crippen molar-refractivity contribution in [2.24, 2.45) is 0 Å². The minimum absolute atomic E-state index is 0.0164. The van der Waals surface area contributed by atoms with Crippen molar-refractivity contribution in [3.8, 4) is 5.75 Å². The first-order chi connectivity index (χ1) is 15.5. The van der Waals surface area contributed by atoms with E-state index >= 15 is 0 Å². The fourth-order valence-corrected chi connectivity index (χ4v) is 4.71. The number of halogens is 1. The standard InChI is InChI=1S/C24H34ClN5O3/c1-8-33-21(31)17-14-26-22(28-15-9-10-19(32-7)18(25)11-15)29-20(17)27-16-12-23(2,3)30(6)24(4,5)13-16/h9-11,14,16H,8,12-13H2,1-7H3,(H2,26,27,28,29). The molecule has 2 heterocycles. The quantitative estimate of drug-likeness (QED) is 0.533.